The van der Waals surface area contributed by atoms with Crippen LogP contribution in [0.3, 0.4) is 0 Å². The Hall–Kier alpha value is -2.12. The molecule has 1 unspecified atom stereocenters. The second-order valence-corrected chi connectivity index (χ2v) is 7.65. The van der Waals surface area contributed by atoms with Crippen LogP contribution in [0.1, 0.15) is 18.1 Å². The number of carbonyl (C=O) groups is 1. The van der Waals surface area contributed by atoms with Crippen LogP contribution in [0.25, 0.3) is 0 Å². The summed E-state index contributed by atoms with van der Waals surface area (Å²) in [6.45, 7) is 2.52. The molecule has 2 aromatic rings. The van der Waals surface area contributed by atoms with E-state index >= 15 is 0 Å². The Labute approximate surface area is 165 Å². The van der Waals surface area contributed by atoms with Gasteiger partial charge in [-0.3, -0.25) is 4.79 Å². The van der Waals surface area contributed by atoms with E-state index in [1.807, 2.05) is 55.5 Å². The molecule has 1 N–H and O–H groups in total. The molecule has 1 amide bonds. The lowest BCUT2D eigenvalue weighted by Gasteiger charge is -2.05. The molecule has 1 aliphatic rings. The second kappa shape index (κ2) is 9.00. The zero-order valence-corrected chi connectivity index (χ0v) is 16.6. The van der Waals surface area contributed by atoms with Crippen LogP contribution in [-0.4, -0.2) is 29.1 Å². The molecule has 0 aromatic heterocycles. The van der Waals surface area contributed by atoms with E-state index in [2.05, 4.69) is 31.4 Å². The van der Waals surface area contributed by atoms with Gasteiger partial charge in [-0.2, -0.15) is 5.10 Å². The molecular formula is C19H18BrN3O2S. The van der Waals surface area contributed by atoms with Crippen LogP contribution in [0.2, 0.25) is 0 Å². The second-order valence-electron chi connectivity index (χ2n) is 5.55. The van der Waals surface area contributed by atoms with Crippen molar-refractivity contribution in [2.75, 3.05) is 6.61 Å². The maximum Gasteiger partial charge on any atom is 0.239 e. The Morgan fingerprint density at radius 2 is 2.00 bits per heavy atom. The number of benzene rings is 2. The van der Waals surface area contributed by atoms with Crippen molar-refractivity contribution >= 4 is 45.0 Å². The van der Waals surface area contributed by atoms with Crippen molar-refractivity contribution in [2.24, 2.45) is 10.2 Å². The van der Waals surface area contributed by atoms with E-state index in [9.17, 15) is 4.79 Å². The van der Waals surface area contributed by atoms with E-state index < -0.39 is 0 Å². The Morgan fingerprint density at radius 1 is 1.23 bits per heavy atom. The van der Waals surface area contributed by atoms with E-state index in [1.165, 1.54) is 11.8 Å². The Kier molecular flexibility index (Phi) is 6.46. The highest BCUT2D eigenvalue weighted by Crippen LogP contribution is 2.24. The highest BCUT2D eigenvalue weighted by Gasteiger charge is 2.30. The van der Waals surface area contributed by atoms with Gasteiger partial charge < -0.3 is 10.1 Å². The zero-order valence-electron chi connectivity index (χ0n) is 14.2. The molecule has 1 saturated heterocycles. The molecule has 0 radical (unpaired) electrons. The average Bonchev–Trinajstić information content (AvgIpc) is 2.98. The molecule has 5 nitrogen and oxygen atoms in total. The molecule has 1 heterocycles. The van der Waals surface area contributed by atoms with Crippen LogP contribution >= 0.6 is 27.7 Å². The predicted octanol–water partition coefficient (Wildman–Crippen LogP) is 4.01. The number of amidine groups is 1. The van der Waals surface area contributed by atoms with Crippen molar-refractivity contribution in [3.63, 3.8) is 0 Å². The summed E-state index contributed by atoms with van der Waals surface area (Å²) in [7, 11) is 0. The van der Waals surface area contributed by atoms with E-state index in [0.29, 0.717) is 18.2 Å². The molecule has 26 heavy (non-hydrogen) atoms. The third kappa shape index (κ3) is 4.95. The number of rotatable bonds is 6. The van der Waals surface area contributed by atoms with Crippen molar-refractivity contribution in [1.29, 1.82) is 0 Å². The fourth-order valence-corrected chi connectivity index (χ4v) is 3.67. The van der Waals surface area contributed by atoms with Gasteiger partial charge in [-0.1, -0.05) is 52.0 Å². The number of halogens is 1. The first kappa shape index (κ1) is 18.7. The molecule has 1 fully saturated rings. The normalized spacial score (nSPS) is 18.5. The minimum absolute atomic E-state index is 0.0402. The van der Waals surface area contributed by atoms with Gasteiger partial charge in [0.15, 0.2) is 5.17 Å². The molecule has 134 valence electrons. The Bertz CT molecular complexity index is 837. The quantitative estimate of drug-likeness (QED) is 0.554. The van der Waals surface area contributed by atoms with Crippen LogP contribution in [-0.2, 0) is 11.2 Å². The Morgan fingerprint density at radius 3 is 2.77 bits per heavy atom. The maximum atomic E-state index is 12.1. The average molecular weight is 432 g/mol. The monoisotopic (exact) mass is 431 g/mol. The molecule has 7 heteroatoms. The van der Waals surface area contributed by atoms with Crippen LogP contribution in [0.4, 0.5) is 0 Å². The highest BCUT2D eigenvalue weighted by atomic mass is 79.9. The van der Waals surface area contributed by atoms with Crippen molar-refractivity contribution in [1.82, 2.24) is 5.32 Å². The molecule has 1 aliphatic heterocycles. The van der Waals surface area contributed by atoms with Crippen molar-refractivity contribution in [3.05, 3.63) is 64.1 Å². The fourth-order valence-electron chi connectivity index (χ4n) is 2.44. The van der Waals surface area contributed by atoms with Crippen LogP contribution < -0.4 is 10.1 Å². The molecule has 0 saturated carbocycles. The van der Waals surface area contributed by atoms with Gasteiger partial charge in [0.05, 0.1) is 18.1 Å². The first-order valence-electron chi connectivity index (χ1n) is 8.20. The van der Waals surface area contributed by atoms with Gasteiger partial charge in [0.2, 0.25) is 5.91 Å². The summed E-state index contributed by atoms with van der Waals surface area (Å²) >= 11 is 4.81. The first-order chi connectivity index (χ1) is 12.7. The number of ether oxygens (including phenoxy) is 1. The predicted molar refractivity (Wildman–Crippen MR) is 110 cm³/mol. The molecule has 0 bridgehead atoms. The summed E-state index contributed by atoms with van der Waals surface area (Å²) in [4.78, 5) is 12.1. The lowest BCUT2D eigenvalue weighted by Crippen LogP contribution is -2.25. The number of para-hydroxylation sites is 1. The number of thioether (sulfide) groups is 1. The number of nitrogens with one attached hydrogen (secondary N) is 1. The minimum Gasteiger partial charge on any atom is -0.493 e. The summed E-state index contributed by atoms with van der Waals surface area (Å²) < 4.78 is 6.57. The third-order valence-electron chi connectivity index (χ3n) is 3.68. The fraction of sp³-hybridized carbons (Fsp3) is 0.211. The van der Waals surface area contributed by atoms with E-state index in [1.54, 1.807) is 6.21 Å². The van der Waals surface area contributed by atoms with E-state index in [0.717, 1.165) is 21.3 Å². The Balaban J connectivity index is 1.64. The van der Waals surface area contributed by atoms with Crippen molar-refractivity contribution in [3.8, 4) is 5.75 Å². The summed E-state index contributed by atoms with van der Waals surface area (Å²) in [5.74, 6) is 0.719. The lowest BCUT2D eigenvalue weighted by atomic mass is 10.1. The number of hydrogen-bond donors (Lipinski definition) is 1. The molecule has 2 aromatic carbocycles. The van der Waals surface area contributed by atoms with Gasteiger partial charge >= 0.3 is 0 Å². The molecular weight excluding hydrogens is 414 g/mol. The number of hydrogen-bond acceptors (Lipinski definition) is 5. The molecule has 0 aliphatic carbocycles. The number of carbonyl (C=O) groups excluding carboxylic acids is 1. The maximum absolute atomic E-state index is 12.1. The van der Waals surface area contributed by atoms with Gasteiger partial charge in [-0.15, -0.1) is 5.10 Å². The number of nitrogens with zero attached hydrogens (tertiary/aromatic N) is 2. The van der Waals surface area contributed by atoms with Crippen LogP contribution in [0.5, 0.6) is 5.75 Å². The highest BCUT2D eigenvalue weighted by molar-refractivity contribution is 9.10. The van der Waals surface area contributed by atoms with Gasteiger partial charge in [0, 0.05) is 10.0 Å². The molecule has 3 rings (SSSR count). The SMILES string of the molecule is CCOc1ccccc1/C=N/N=C1\NC(=O)C(Cc2ccc(Br)cc2)S1. The smallest absolute Gasteiger partial charge is 0.239 e. The molecule has 1 atom stereocenters. The third-order valence-corrected chi connectivity index (χ3v) is 5.28. The van der Waals surface area contributed by atoms with E-state index in [-0.39, 0.29) is 11.2 Å². The molecule has 0 spiro atoms. The first-order valence-corrected chi connectivity index (χ1v) is 9.88. The van der Waals surface area contributed by atoms with Gasteiger partial charge in [-0.25, -0.2) is 0 Å². The van der Waals surface area contributed by atoms with E-state index in [4.69, 9.17) is 4.74 Å². The zero-order chi connectivity index (χ0) is 18.4. The van der Waals surface area contributed by atoms with Gasteiger partial charge in [0.25, 0.3) is 0 Å². The summed E-state index contributed by atoms with van der Waals surface area (Å²) in [6.07, 6.45) is 2.28. The van der Waals surface area contributed by atoms with Crippen LogP contribution in [0, 0.1) is 0 Å². The van der Waals surface area contributed by atoms with Crippen LogP contribution in [0.15, 0.2) is 63.2 Å². The summed E-state index contributed by atoms with van der Waals surface area (Å²) in [6, 6.07) is 15.6. The lowest BCUT2D eigenvalue weighted by molar-refractivity contribution is -0.118. The number of amides is 1. The van der Waals surface area contributed by atoms with Crippen molar-refractivity contribution in [2.45, 2.75) is 18.6 Å². The van der Waals surface area contributed by atoms with Crippen molar-refractivity contribution < 1.29 is 9.53 Å². The standard InChI is InChI=1S/C19H18BrN3O2S/c1-2-25-16-6-4-3-5-14(16)12-21-23-19-22-18(24)17(26-19)11-13-7-9-15(20)10-8-13/h3-10,12,17H,2,11H2,1H3,(H,22,23,24)/b21-12+. The largest absolute Gasteiger partial charge is 0.493 e. The topological polar surface area (TPSA) is 63.1 Å². The summed E-state index contributed by atoms with van der Waals surface area (Å²) in [5, 5.41) is 11.3. The van der Waals surface area contributed by atoms with Gasteiger partial charge in [-0.05, 0) is 43.2 Å². The minimum atomic E-state index is -0.194. The summed E-state index contributed by atoms with van der Waals surface area (Å²) in [5.41, 5.74) is 1.95. The van der Waals surface area contributed by atoms with Gasteiger partial charge in [0.1, 0.15) is 5.75 Å².